The van der Waals surface area contributed by atoms with Crippen molar-refractivity contribution in [3.05, 3.63) is 107 Å². The van der Waals surface area contributed by atoms with Crippen LogP contribution < -0.4 is 5.32 Å². The summed E-state index contributed by atoms with van der Waals surface area (Å²) in [6.45, 7) is 0.393. The third-order valence-electron chi connectivity index (χ3n) is 4.21. The molecule has 3 nitrogen and oxygen atoms in total. The van der Waals surface area contributed by atoms with E-state index in [0.29, 0.717) is 13.0 Å². The summed E-state index contributed by atoms with van der Waals surface area (Å²) < 4.78 is 19.1. The highest BCUT2D eigenvalue weighted by Crippen LogP contribution is 2.25. The van der Waals surface area contributed by atoms with Gasteiger partial charge < -0.3 is 10.1 Å². The zero-order valence-corrected chi connectivity index (χ0v) is 15.0. The van der Waals surface area contributed by atoms with Gasteiger partial charge in [0.1, 0.15) is 18.5 Å². The van der Waals surface area contributed by atoms with Crippen molar-refractivity contribution in [1.29, 1.82) is 0 Å². The number of benzene rings is 3. The third kappa shape index (κ3) is 5.76. The van der Waals surface area contributed by atoms with E-state index >= 15 is 0 Å². The Morgan fingerprint density at radius 2 is 1.52 bits per heavy atom. The molecule has 0 heterocycles. The van der Waals surface area contributed by atoms with Crippen molar-refractivity contribution in [1.82, 2.24) is 5.32 Å². The molecule has 4 heteroatoms. The molecule has 3 rings (SSSR count). The Hall–Kier alpha value is -2.98. The summed E-state index contributed by atoms with van der Waals surface area (Å²) in [5, 5.41) is 2.82. The molecule has 0 unspecified atom stereocenters. The van der Waals surface area contributed by atoms with Gasteiger partial charge in [0.05, 0.1) is 0 Å². The number of carbonyl (C=O) groups excluding carboxylic acids is 1. The zero-order chi connectivity index (χ0) is 18.9. The summed E-state index contributed by atoms with van der Waals surface area (Å²) in [7, 11) is 0. The van der Waals surface area contributed by atoms with Crippen LogP contribution in [0.25, 0.3) is 0 Å². The molecule has 0 aromatic heterocycles. The summed E-state index contributed by atoms with van der Waals surface area (Å²) >= 11 is 0. The highest BCUT2D eigenvalue weighted by molar-refractivity contribution is 5.77. The van der Waals surface area contributed by atoms with E-state index in [1.165, 1.54) is 12.1 Å². The molecule has 0 atom stereocenters. The fourth-order valence-electron chi connectivity index (χ4n) is 2.89. The second-order valence-electron chi connectivity index (χ2n) is 6.24. The van der Waals surface area contributed by atoms with Gasteiger partial charge in [-0.3, -0.25) is 4.79 Å². The molecular formula is C23H22FNO2. The lowest BCUT2D eigenvalue weighted by atomic mass is 10.0. The molecule has 0 aliphatic heterocycles. The monoisotopic (exact) mass is 363 g/mol. The number of hydrogen-bond acceptors (Lipinski definition) is 2. The lowest BCUT2D eigenvalue weighted by Gasteiger charge is -2.18. The quantitative estimate of drug-likeness (QED) is 0.648. The molecule has 3 aromatic rings. The van der Waals surface area contributed by atoms with E-state index in [1.807, 2.05) is 66.7 Å². The normalized spacial score (nSPS) is 10.7. The molecule has 3 aromatic carbocycles. The maximum absolute atomic E-state index is 13.2. The first-order valence-electron chi connectivity index (χ1n) is 8.95. The predicted molar refractivity (Wildman–Crippen MR) is 104 cm³/mol. The minimum atomic E-state index is -0.304. The number of hydrogen-bond donors (Lipinski definition) is 1. The van der Waals surface area contributed by atoms with Gasteiger partial charge >= 0.3 is 0 Å². The third-order valence-corrected chi connectivity index (χ3v) is 4.21. The molecule has 0 saturated carbocycles. The molecule has 0 spiro atoms. The van der Waals surface area contributed by atoms with E-state index < -0.39 is 0 Å². The van der Waals surface area contributed by atoms with Crippen LogP contribution >= 0.6 is 0 Å². The Balaban J connectivity index is 1.54. The highest BCUT2D eigenvalue weighted by atomic mass is 19.1. The lowest BCUT2D eigenvalue weighted by Crippen LogP contribution is -2.30. The van der Waals surface area contributed by atoms with Crippen molar-refractivity contribution in [2.75, 3.05) is 13.2 Å². The van der Waals surface area contributed by atoms with E-state index in [0.717, 1.165) is 16.7 Å². The van der Waals surface area contributed by atoms with E-state index in [2.05, 4.69) is 5.32 Å². The fourth-order valence-corrected chi connectivity index (χ4v) is 2.89. The van der Waals surface area contributed by atoms with Crippen LogP contribution in [0.4, 0.5) is 4.39 Å². The zero-order valence-electron chi connectivity index (χ0n) is 15.0. The molecule has 0 fully saturated rings. The molecule has 0 bridgehead atoms. The Morgan fingerprint density at radius 3 is 2.11 bits per heavy atom. The first kappa shape index (κ1) is 18.8. The van der Waals surface area contributed by atoms with Gasteiger partial charge in [-0.2, -0.15) is 0 Å². The molecule has 27 heavy (non-hydrogen) atoms. The van der Waals surface area contributed by atoms with Crippen LogP contribution in [0.15, 0.2) is 84.9 Å². The largest absolute Gasteiger partial charge is 0.359 e. The van der Waals surface area contributed by atoms with Gasteiger partial charge in [0.15, 0.2) is 0 Å². The molecule has 0 aliphatic carbocycles. The van der Waals surface area contributed by atoms with Gasteiger partial charge in [0, 0.05) is 6.54 Å². The molecule has 0 saturated heterocycles. The Bertz CT molecular complexity index is 813. The summed E-state index contributed by atoms with van der Waals surface area (Å²) in [5.41, 5.74) is 2.84. The van der Waals surface area contributed by atoms with E-state index in [1.54, 1.807) is 6.07 Å². The summed E-state index contributed by atoms with van der Waals surface area (Å²) in [5.74, 6) is -0.459. The first-order chi connectivity index (χ1) is 13.2. The van der Waals surface area contributed by atoms with Crippen LogP contribution in [-0.2, 0) is 16.0 Å². The van der Waals surface area contributed by atoms with E-state index in [9.17, 15) is 9.18 Å². The van der Waals surface area contributed by atoms with Crippen LogP contribution in [0.1, 0.15) is 22.8 Å². The predicted octanol–water partition coefficient (Wildman–Crippen LogP) is 4.29. The van der Waals surface area contributed by atoms with Crippen molar-refractivity contribution in [2.24, 2.45) is 0 Å². The SMILES string of the molecule is O=C(COC(c1ccccc1)c1ccccc1)NCCc1cccc(F)c1. The molecule has 0 radical (unpaired) electrons. The first-order valence-corrected chi connectivity index (χ1v) is 8.95. The maximum Gasteiger partial charge on any atom is 0.246 e. The van der Waals surface area contributed by atoms with Crippen molar-refractivity contribution in [3.63, 3.8) is 0 Å². The Morgan fingerprint density at radius 1 is 0.889 bits per heavy atom. The minimum absolute atomic E-state index is 0.0440. The van der Waals surface area contributed by atoms with Gasteiger partial charge in [0.25, 0.3) is 0 Å². The number of halogens is 1. The van der Waals surface area contributed by atoms with Crippen molar-refractivity contribution >= 4 is 5.91 Å². The molecule has 1 amide bonds. The summed E-state index contributed by atoms with van der Waals surface area (Å²) in [6.07, 6.45) is 0.269. The van der Waals surface area contributed by atoms with Crippen LogP contribution in [0.3, 0.4) is 0 Å². The summed E-state index contributed by atoms with van der Waals surface area (Å²) in [4.78, 5) is 12.2. The molecule has 138 valence electrons. The molecule has 0 aliphatic rings. The van der Waals surface area contributed by atoms with Gasteiger partial charge in [-0.1, -0.05) is 72.8 Å². The average Bonchev–Trinajstić information content (AvgIpc) is 2.70. The second kappa shape index (κ2) is 9.64. The number of rotatable bonds is 8. The van der Waals surface area contributed by atoms with Crippen molar-refractivity contribution in [3.8, 4) is 0 Å². The average molecular weight is 363 g/mol. The van der Waals surface area contributed by atoms with E-state index in [-0.39, 0.29) is 24.4 Å². The van der Waals surface area contributed by atoms with Crippen molar-refractivity contribution in [2.45, 2.75) is 12.5 Å². The van der Waals surface area contributed by atoms with Gasteiger partial charge in [-0.25, -0.2) is 4.39 Å². The Labute approximate surface area is 158 Å². The number of carbonyl (C=O) groups is 1. The fraction of sp³-hybridized carbons (Fsp3) is 0.174. The van der Waals surface area contributed by atoms with Crippen LogP contribution in [0, 0.1) is 5.82 Å². The van der Waals surface area contributed by atoms with Crippen molar-refractivity contribution < 1.29 is 13.9 Å². The van der Waals surface area contributed by atoms with Crippen LogP contribution in [0.5, 0.6) is 0 Å². The lowest BCUT2D eigenvalue weighted by molar-refractivity contribution is -0.127. The van der Waals surface area contributed by atoms with E-state index in [4.69, 9.17) is 4.74 Å². The highest BCUT2D eigenvalue weighted by Gasteiger charge is 2.16. The maximum atomic E-state index is 13.2. The second-order valence-corrected chi connectivity index (χ2v) is 6.24. The minimum Gasteiger partial charge on any atom is -0.359 e. The number of amides is 1. The topological polar surface area (TPSA) is 38.3 Å². The van der Waals surface area contributed by atoms with Crippen LogP contribution in [-0.4, -0.2) is 19.1 Å². The van der Waals surface area contributed by atoms with Gasteiger partial charge in [-0.05, 0) is 35.2 Å². The summed E-state index contributed by atoms with van der Waals surface area (Å²) in [6, 6.07) is 26.0. The van der Waals surface area contributed by atoms with Gasteiger partial charge in [-0.15, -0.1) is 0 Å². The standard InChI is InChI=1S/C23H22FNO2/c24-21-13-7-8-18(16-21)14-15-25-22(26)17-27-23(19-9-3-1-4-10-19)20-11-5-2-6-12-20/h1-13,16,23H,14-15,17H2,(H,25,26). The van der Waals surface area contributed by atoms with Crippen LogP contribution in [0.2, 0.25) is 0 Å². The Kier molecular flexibility index (Phi) is 6.72. The van der Waals surface area contributed by atoms with Gasteiger partial charge in [0.2, 0.25) is 5.91 Å². The number of ether oxygens (including phenoxy) is 1. The molecular weight excluding hydrogens is 341 g/mol. The smallest absolute Gasteiger partial charge is 0.246 e. The number of nitrogens with one attached hydrogen (secondary N) is 1. The molecule has 1 N–H and O–H groups in total.